The zero-order chi connectivity index (χ0) is 13.8. The van der Waals surface area contributed by atoms with Crippen LogP contribution in [0.4, 0.5) is 0 Å². The summed E-state index contributed by atoms with van der Waals surface area (Å²) in [6, 6.07) is 7.38. The average molecular weight is 252 g/mol. The molecule has 6 nitrogen and oxygen atoms in total. The lowest BCUT2D eigenvalue weighted by atomic mass is 10.1. The van der Waals surface area contributed by atoms with Gasteiger partial charge in [0, 0.05) is 6.04 Å². The molecule has 0 radical (unpaired) electrons. The van der Waals surface area contributed by atoms with Crippen molar-refractivity contribution in [3.05, 3.63) is 41.7 Å². The van der Waals surface area contributed by atoms with Crippen LogP contribution in [0.2, 0.25) is 0 Å². The highest BCUT2D eigenvalue weighted by Gasteiger charge is 2.12. The smallest absolute Gasteiger partial charge is 0.177 e. The summed E-state index contributed by atoms with van der Waals surface area (Å²) in [5.41, 5.74) is 7.68. The van der Waals surface area contributed by atoms with E-state index in [9.17, 15) is 0 Å². The zero-order valence-electron chi connectivity index (χ0n) is 10.4. The van der Waals surface area contributed by atoms with Crippen molar-refractivity contribution < 1.29 is 0 Å². The molecule has 0 fully saturated rings. The van der Waals surface area contributed by atoms with E-state index in [2.05, 4.69) is 9.97 Å². The van der Waals surface area contributed by atoms with Crippen molar-refractivity contribution >= 4 is 0 Å². The summed E-state index contributed by atoms with van der Waals surface area (Å²) >= 11 is 0. The molecule has 2 rings (SSSR count). The van der Waals surface area contributed by atoms with Gasteiger partial charge in [0.15, 0.2) is 11.4 Å². The molecule has 2 aromatic rings. The van der Waals surface area contributed by atoms with Gasteiger partial charge in [-0.1, -0.05) is 6.92 Å². The molecule has 0 spiro atoms. The van der Waals surface area contributed by atoms with Gasteiger partial charge in [0.05, 0.1) is 17.6 Å². The number of hydrogen-bond acceptors (Lipinski definition) is 5. The average Bonchev–Trinajstić information content (AvgIpc) is 2.89. The maximum atomic E-state index is 9.06. The maximum absolute atomic E-state index is 9.06. The Balaban J connectivity index is 2.42. The molecule has 6 heteroatoms. The normalized spacial score (nSPS) is 11.6. The lowest BCUT2D eigenvalue weighted by Crippen LogP contribution is -2.10. The fourth-order valence-electron chi connectivity index (χ4n) is 1.70. The Morgan fingerprint density at radius 3 is 2.63 bits per heavy atom. The fourth-order valence-corrected chi connectivity index (χ4v) is 1.70. The molecule has 0 saturated carbocycles. The zero-order valence-corrected chi connectivity index (χ0v) is 10.4. The molecule has 0 bridgehead atoms. The van der Waals surface area contributed by atoms with Crippen molar-refractivity contribution in [3.8, 4) is 17.8 Å². The quantitative estimate of drug-likeness (QED) is 0.889. The Morgan fingerprint density at radius 2 is 2.11 bits per heavy atom. The van der Waals surface area contributed by atoms with Crippen LogP contribution in [0.3, 0.4) is 0 Å². The van der Waals surface area contributed by atoms with E-state index in [1.807, 2.05) is 31.2 Å². The topological polar surface area (TPSA) is 104 Å². The number of imidazole rings is 1. The predicted octanol–water partition coefficient (Wildman–Crippen LogP) is 1.42. The molecular formula is C13H12N6. The number of aromatic nitrogens is 3. The minimum Gasteiger partial charge on any atom is -0.323 e. The van der Waals surface area contributed by atoms with Crippen LogP contribution in [0, 0.1) is 22.7 Å². The van der Waals surface area contributed by atoms with E-state index in [0.29, 0.717) is 5.69 Å². The van der Waals surface area contributed by atoms with Crippen LogP contribution >= 0.6 is 0 Å². The van der Waals surface area contributed by atoms with E-state index in [0.717, 1.165) is 12.1 Å². The molecule has 0 saturated heterocycles. The Bertz CT molecular complexity index is 656. The molecule has 1 atom stereocenters. The molecule has 0 aromatic carbocycles. The fraction of sp³-hybridized carbons (Fsp3) is 0.231. The SMILES string of the molecule is CCC(N)c1ccc(-n2cnc(C#N)c2C#N)cn1. The first-order chi connectivity index (χ1) is 9.21. The molecule has 2 heterocycles. The van der Waals surface area contributed by atoms with Gasteiger partial charge in [-0.25, -0.2) is 4.98 Å². The first-order valence-corrected chi connectivity index (χ1v) is 5.80. The summed E-state index contributed by atoms with van der Waals surface area (Å²) in [5, 5.41) is 17.9. The first-order valence-electron chi connectivity index (χ1n) is 5.80. The summed E-state index contributed by atoms with van der Waals surface area (Å²) in [6.45, 7) is 1.99. The number of nitriles is 2. The third-order valence-electron chi connectivity index (χ3n) is 2.85. The minimum atomic E-state index is -0.0954. The van der Waals surface area contributed by atoms with Crippen molar-refractivity contribution in [1.29, 1.82) is 10.5 Å². The summed E-state index contributed by atoms with van der Waals surface area (Å²) < 4.78 is 1.53. The summed E-state index contributed by atoms with van der Waals surface area (Å²) in [4.78, 5) is 8.15. The standard InChI is InChI=1S/C13H12N6/c1-2-10(16)11-4-3-9(7-17-11)19-8-18-12(5-14)13(19)6-15/h3-4,7-8,10H,2,16H2,1H3. The van der Waals surface area contributed by atoms with Gasteiger partial charge in [-0.3, -0.25) is 9.55 Å². The van der Waals surface area contributed by atoms with Gasteiger partial charge in [-0.05, 0) is 18.6 Å². The van der Waals surface area contributed by atoms with E-state index < -0.39 is 0 Å². The Hall–Kier alpha value is -2.70. The molecule has 0 aliphatic heterocycles. The Kier molecular flexibility index (Phi) is 3.56. The van der Waals surface area contributed by atoms with E-state index in [4.69, 9.17) is 16.3 Å². The van der Waals surface area contributed by atoms with Crippen LogP contribution in [0.25, 0.3) is 5.69 Å². The van der Waals surface area contributed by atoms with E-state index in [-0.39, 0.29) is 17.4 Å². The highest BCUT2D eigenvalue weighted by Crippen LogP contribution is 2.16. The molecule has 0 amide bonds. The number of nitrogens with zero attached hydrogens (tertiary/aromatic N) is 5. The molecule has 19 heavy (non-hydrogen) atoms. The molecular weight excluding hydrogens is 240 g/mol. The maximum Gasteiger partial charge on any atom is 0.177 e. The molecule has 2 aromatic heterocycles. The van der Waals surface area contributed by atoms with Gasteiger partial charge in [0.25, 0.3) is 0 Å². The third kappa shape index (κ3) is 2.30. The predicted molar refractivity (Wildman–Crippen MR) is 68.0 cm³/mol. The monoisotopic (exact) mass is 252 g/mol. The van der Waals surface area contributed by atoms with Crippen LogP contribution in [0.1, 0.15) is 36.5 Å². The van der Waals surface area contributed by atoms with E-state index in [1.54, 1.807) is 6.20 Å². The second kappa shape index (κ2) is 5.30. The van der Waals surface area contributed by atoms with Crippen molar-refractivity contribution in [2.24, 2.45) is 5.73 Å². The Morgan fingerprint density at radius 1 is 1.32 bits per heavy atom. The van der Waals surface area contributed by atoms with Crippen molar-refractivity contribution in [3.63, 3.8) is 0 Å². The number of hydrogen-bond donors (Lipinski definition) is 1. The lowest BCUT2D eigenvalue weighted by Gasteiger charge is -2.09. The summed E-state index contributed by atoms with van der Waals surface area (Å²) in [5.74, 6) is 0. The van der Waals surface area contributed by atoms with Crippen molar-refractivity contribution in [1.82, 2.24) is 14.5 Å². The highest BCUT2D eigenvalue weighted by molar-refractivity contribution is 5.43. The summed E-state index contributed by atoms with van der Waals surface area (Å²) in [6.07, 6.45) is 3.86. The third-order valence-corrected chi connectivity index (χ3v) is 2.85. The number of pyridine rings is 1. The minimum absolute atomic E-state index is 0.0954. The van der Waals surface area contributed by atoms with E-state index >= 15 is 0 Å². The number of nitrogens with two attached hydrogens (primary N) is 1. The second-order valence-corrected chi connectivity index (χ2v) is 3.99. The molecule has 0 aliphatic carbocycles. The van der Waals surface area contributed by atoms with Crippen LogP contribution in [-0.2, 0) is 0 Å². The molecule has 94 valence electrons. The largest absolute Gasteiger partial charge is 0.323 e. The lowest BCUT2D eigenvalue weighted by molar-refractivity contribution is 0.675. The molecule has 1 unspecified atom stereocenters. The van der Waals surface area contributed by atoms with Crippen LogP contribution in [0.15, 0.2) is 24.7 Å². The van der Waals surface area contributed by atoms with Gasteiger partial charge >= 0.3 is 0 Å². The number of rotatable bonds is 3. The highest BCUT2D eigenvalue weighted by atomic mass is 15.1. The van der Waals surface area contributed by atoms with Crippen LogP contribution in [-0.4, -0.2) is 14.5 Å². The summed E-state index contributed by atoms with van der Waals surface area (Å²) in [7, 11) is 0. The van der Waals surface area contributed by atoms with Gasteiger partial charge in [-0.15, -0.1) is 0 Å². The Labute approximate surface area is 110 Å². The van der Waals surface area contributed by atoms with Gasteiger partial charge < -0.3 is 5.73 Å². The van der Waals surface area contributed by atoms with Gasteiger partial charge in [0.1, 0.15) is 18.5 Å². The van der Waals surface area contributed by atoms with Gasteiger partial charge in [-0.2, -0.15) is 10.5 Å². The van der Waals surface area contributed by atoms with Crippen LogP contribution < -0.4 is 5.73 Å². The van der Waals surface area contributed by atoms with Crippen molar-refractivity contribution in [2.75, 3.05) is 0 Å². The second-order valence-electron chi connectivity index (χ2n) is 3.99. The van der Waals surface area contributed by atoms with Crippen molar-refractivity contribution in [2.45, 2.75) is 19.4 Å². The van der Waals surface area contributed by atoms with E-state index in [1.165, 1.54) is 10.9 Å². The molecule has 0 aliphatic rings. The van der Waals surface area contributed by atoms with Crippen LogP contribution in [0.5, 0.6) is 0 Å². The molecule has 2 N–H and O–H groups in total. The first kappa shape index (κ1) is 12.7. The van der Waals surface area contributed by atoms with Gasteiger partial charge in [0.2, 0.25) is 0 Å².